The number of carbonyl (C=O) groups excluding carboxylic acids is 1. The highest BCUT2D eigenvalue weighted by atomic mass is 16.3. The summed E-state index contributed by atoms with van der Waals surface area (Å²) in [6, 6.07) is 3.88. The number of aliphatic hydroxyl groups excluding tert-OH is 1. The third kappa shape index (κ3) is 3.53. The van der Waals surface area contributed by atoms with Crippen LogP contribution in [0.5, 0.6) is 0 Å². The van der Waals surface area contributed by atoms with E-state index >= 15 is 0 Å². The van der Waals surface area contributed by atoms with Gasteiger partial charge in [-0.25, -0.2) is 0 Å². The molecule has 1 aromatic heterocycles. The molecule has 1 saturated heterocycles. The Bertz CT molecular complexity index is 431. The topological polar surface area (TPSA) is 53.4 Å². The van der Waals surface area contributed by atoms with Gasteiger partial charge in [-0.05, 0) is 24.5 Å². The molecule has 1 fully saturated rings. The molecule has 1 N–H and O–H groups in total. The van der Waals surface area contributed by atoms with Crippen LogP contribution in [0.1, 0.15) is 32.3 Å². The van der Waals surface area contributed by atoms with Gasteiger partial charge in [0.15, 0.2) is 0 Å². The Morgan fingerprint density at radius 3 is 3.00 bits per heavy atom. The maximum Gasteiger partial charge on any atom is 0.222 e. The van der Waals surface area contributed by atoms with Gasteiger partial charge in [-0.15, -0.1) is 0 Å². The number of nitrogens with zero attached hydrogens (tertiary/aromatic N) is 2. The van der Waals surface area contributed by atoms with Gasteiger partial charge in [-0.1, -0.05) is 19.9 Å². The summed E-state index contributed by atoms with van der Waals surface area (Å²) in [6.07, 6.45) is 5.14. The summed E-state index contributed by atoms with van der Waals surface area (Å²) in [4.78, 5) is 18.1. The van der Waals surface area contributed by atoms with Gasteiger partial charge in [0.25, 0.3) is 0 Å². The number of aryl methyl sites for hydroxylation is 1. The monoisotopic (exact) mass is 262 g/mol. The largest absolute Gasteiger partial charge is 0.392 e. The van der Waals surface area contributed by atoms with Crippen molar-refractivity contribution in [2.45, 2.75) is 39.2 Å². The van der Waals surface area contributed by atoms with Crippen molar-refractivity contribution in [2.75, 3.05) is 13.1 Å². The average Bonchev–Trinajstić information content (AvgIpc) is 2.40. The maximum absolute atomic E-state index is 12.2. The predicted octanol–water partition coefficient (Wildman–Crippen LogP) is 1.63. The summed E-state index contributed by atoms with van der Waals surface area (Å²) in [5.41, 5.74) is 0.884. The molecule has 1 unspecified atom stereocenters. The zero-order valence-electron chi connectivity index (χ0n) is 11.7. The van der Waals surface area contributed by atoms with Crippen molar-refractivity contribution in [1.82, 2.24) is 9.88 Å². The van der Waals surface area contributed by atoms with Crippen LogP contribution in [0, 0.1) is 5.41 Å². The molecule has 1 aliphatic heterocycles. The van der Waals surface area contributed by atoms with Gasteiger partial charge < -0.3 is 10.0 Å². The average molecular weight is 262 g/mol. The number of rotatable bonds is 3. The minimum Gasteiger partial charge on any atom is -0.392 e. The highest BCUT2D eigenvalue weighted by molar-refractivity contribution is 5.76. The van der Waals surface area contributed by atoms with E-state index in [1.54, 1.807) is 12.4 Å². The number of aromatic nitrogens is 1. The van der Waals surface area contributed by atoms with E-state index in [9.17, 15) is 9.90 Å². The lowest BCUT2D eigenvalue weighted by atomic mass is 9.81. The molecule has 1 aliphatic rings. The number of piperidine rings is 1. The molecule has 0 radical (unpaired) electrons. The molecule has 1 aromatic rings. The van der Waals surface area contributed by atoms with E-state index in [2.05, 4.69) is 4.98 Å². The highest BCUT2D eigenvalue weighted by Crippen LogP contribution is 2.29. The summed E-state index contributed by atoms with van der Waals surface area (Å²) in [5, 5.41) is 9.90. The van der Waals surface area contributed by atoms with Crippen molar-refractivity contribution in [3.05, 3.63) is 30.1 Å². The van der Waals surface area contributed by atoms with E-state index in [0.717, 1.165) is 12.0 Å². The van der Waals surface area contributed by atoms with Gasteiger partial charge in [0.1, 0.15) is 0 Å². The van der Waals surface area contributed by atoms with Gasteiger partial charge in [0, 0.05) is 37.3 Å². The minimum atomic E-state index is -0.310. The SMILES string of the molecule is CC1(C)CN(C(=O)CCc2cccnc2)CCC1O. The molecule has 0 bridgehead atoms. The number of hydrogen-bond acceptors (Lipinski definition) is 3. The lowest BCUT2D eigenvalue weighted by Gasteiger charge is -2.41. The zero-order valence-corrected chi connectivity index (χ0v) is 11.7. The van der Waals surface area contributed by atoms with Gasteiger partial charge in [-0.2, -0.15) is 0 Å². The van der Waals surface area contributed by atoms with Crippen LogP contribution >= 0.6 is 0 Å². The zero-order chi connectivity index (χ0) is 13.9. The molecule has 0 spiro atoms. The minimum absolute atomic E-state index is 0.170. The molecule has 19 heavy (non-hydrogen) atoms. The lowest BCUT2D eigenvalue weighted by Crippen LogP contribution is -2.50. The molecule has 0 aliphatic carbocycles. The first kappa shape index (κ1) is 14.0. The van der Waals surface area contributed by atoms with Crippen LogP contribution in [0.25, 0.3) is 0 Å². The van der Waals surface area contributed by atoms with Crippen molar-refractivity contribution in [3.63, 3.8) is 0 Å². The van der Waals surface area contributed by atoms with E-state index in [4.69, 9.17) is 0 Å². The molecule has 1 amide bonds. The summed E-state index contributed by atoms with van der Waals surface area (Å²) < 4.78 is 0. The summed E-state index contributed by atoms with van der Waals surface area (Å²) in [6.45, 7) is 5.33. The van der Waals surface area contributed by atoms with Crippen LogP contribution in [-0.2, 0) is 11.2 Å². The Morgan fingerprint density at radius 2 is 2.37 bits per heavy atom. The molecule has 2 heterocycles. The second-order valence-corrected chi connectivity index (χ2v) is 5.97. The van der Waals surface area contributed by atoms with E-state index in [-0.39, 0.29) is 17.4 Å². The van der Waals surface area contributed by atoms with Crippen molar-refractivity contribution in [3.8, 4) is 0 Å². The van der Waals surface area contributed by atoms with E-state index < -0.39 is 0 Å². The standard InChI is InChI=1S/C15H22N2O2/c1-15(2)11-17(9-7-13(15)18)14(19)6-5-12-4-3-8-16-10-12/h3-4,8,10,13,18H,5-7,9,11H2,1-2H3. The molecule has 2 rings (SSSR count). The molecular formula is C15H22N2O2. The lowest BCUT2D eigenvalue weighted by molar-refractivity contribution is -0.137. The number of pyridine rings is 1. The van der Waals surface area contributed by atoms with Crippen molar-refractivity contribution >= 4 is 5.91 Å². The number of likely N-dealkylation sites (tertiary alicyclic amines) is 1. The van der Waals surface area contributed by atoms with Gasteiger partial charge >= 0.3 is 0 Å². The first-order valence-corrected chi connectivity index (χ1v) is 6.84. The molecule has 4 heteroatoms. The maximum atomic E-state index is 12.2. The quantitative estimate of drug-likeness (QED) is 0.901. The van der Waals surface area contributed by atoms with Crippen LogP contribution < -0.4 is 0 Å². The Kier molecular flexibility index (Phi) is 4.20. The van der Waals surface area contributed by atoms with E-state index in [1.807, 2.05) is 30.9 Å². The van der Waals surface area contributed by atoms with Crippen molar-refractivity contribution in [2.24, 2.45) is 5.41 Å². The Morgan fingerprint density at radius 1 is 1.58 bits per heavy atom. The third-order valence-corrected chi connectivity index (χ3v) is 3.88. The fourth-order valence-electron chi connectivity index (χ4n) is 2.51. The van der Waals surface area contributed by atoms with Gasteiger partial charge in [0.05, 0.1) is 6.10 Å². The third-order valence-electron chi connectivity index (χ3n) is 3.88. The smallest absolute Gasteiger partial charge is 0.222 e. The Hall–Kier alpha value is -1.42. The number of carbonyl (C=O) groups is 1. The molecule has 104 valence electrons. The summed E-state index contributed by atoms with van der Waals surface area (Å²) in [7, 11) is 0. The molecule has 4 nitrogen and oxygen atoms in total. The fourth-order valence-corrected chi connectivity index (χ4v) is 2.51. The normalized spacial score (nSPS) is 22.3. The molecule has 1 atom stereocenters. The fraction of sp³-hybridized carbons (Fsp3) is 0.600. The first-order chi connectivity index (χ1) is 8.99. The number of amides is 1. The van der Waals surface area contributed by atoms with Crippen LogP contribution in [0.2, 0.25) is 0 Å². The summed E-state index contributed by atoms with van der Waals surface area (Å²) in [5.74, 6) is 0.170. The molecular weight excluding hydrogens is 240 g/mol. The number of aliphatic hydroxyl groups is 1. The van der Waals surface area contributed by atoms with Gasteiger partial charge in [-0.3, -0.25) is 9.78 Å². The van der Waals surface area contributed by atoms with E-state index in [0.29, 0.717) is 25.9 Å². The van der Waals surface area contributed by atoms with Crippen molar-refractivity contribution < 1.29 is 9.90 Å². The Balaban J connectivity index is 1.87. The van der Waals surface area contributed by atoms with Crippen LogP contribution in [0.3, 0.4) is 0 Å². The number of hydrogen-bond donors (Lipinski definition) is 1. The van der Waals surface area contributed by atoms with Crippen LogP contribution in [0.15, 0.2) is 24.5 Å². The van der Waals surface area contributed by atoms with Gasteiger partial charge in [0.2, 0.25) is 5.91 Å². The second-order valence-electron chi connectivity index (χ2n) is 5.97. The molecule has 0 aromatic carbocycles. The summed E-state index contributed by atoms with van der Waals surface area (Å²) >= 11 is 0. The second kappa shape index (κ2) is 5.70. The van der Waals surface area contributed by atoms with Crippen LogP contribution in [0.4, 0.5) is 0 Å². The van der Waals surface area contributed by atoms with Crippen LogP contribution in [-0.4, -0.2) is 40.1 Å². The van der Waals surface area contributed by atoms with Crippen molar-refractivity contribution in [1.29, 1.82) is 0 Å². The Labute approximate surface area is 114 Å². The highest BCUT2D eigenvalue weighted by Gasteiger charge is 2.36. The van der Waals surface area contributed by atoms with E-state index in [1.165, 1.54) is 0 Å². The first-order valence-electron chi connectivity index (χ1n) is 6.84. The molecule has 0 saturated carbocycles. The predicted molar refractivity (Wildman–Crippen MR) is 73.5 cm³/mol.